The normalized spacial score (nSPS) is 16.1. The van der Waals surface area contributed by atoms with Gasteiger partial charge in [0.2, 0.25) is 0 Å². The lowest BCUT2D eigenvalue weighted by atomic mass is 9.98. The molecule has 1 aromatic rings. The molecular weight excluding hydrogens is 237 g/mol. The Morgan fingerprint density at radius 2 is 2.12 bits per heavy atom. The number of thiazole rings is 1. The molecule has 0 fully saturated rings. The van der Waals surface area contributed by atoms with Crippen LogP contribution in [0.3, 0.4) is 0 Å². The van der Waals surface area contributed by atoms with Crippen LogP contribution in [0.25, 0.3) is 0 Å². The van der Waals surface area contributed by atoms with Crippen LogP contribution in [0.5, 0.6) is 0 Å². The molecule has 2 unspecified atom stereocenters. The summed E-state index contributed by atoms with van der Waals surface area (Å²) in [5, 5.41) is 1.71. The summed E-state index contributed by atoms with van der Waals surface area (Å²) in [5.74, 6) is 0.223. The zero-order valence-corrected chi connectivity index (χ0v) is 10.0. The zero-order valence-electron chi connectivity index (χ0n) is 9.21. The maximum absolute atomic E-state index is 12.1. The fraction of sp³-hybridized carbons (Fsp3) is 0.700. The number of rotatable bonds is 4. The summed E-state index contributed by atoms with van der Waals surface area (Å²) >= 11 is 1.02. The van der Waals surface area contributed by atoms with Crippen molar-refractivity contribution in [2.45, 2.75) is 38.9 Å². The first-order valence-electron chi connectivity index (χ1n) is 5.10. The molecule has 2 atom stereocenters. The third-order valence-electron chi connectivity index (χ3n) is 2.52. The van der Waals surface area contributed by atoms with Crippen LogP contribution in [0.1, 0.15) is 37.0 Å². The van der Waals surface area contributed by atoms with E-state index in [9.17, 15) is 13.2 Å². The summed E-state index contributed by atoms with van der Waals surface area (Å²) < 4.78 is 36.3. The molecule has 1 heterocycles. The van der Waals surface area contributed by atoms with E-state index in [1.807, 2.05) is 13.8 Å². The number of halogens is 3. The smallest absolute Gasteiger partial charge is 0.322 e. The molecule has 16 heavy (non-hydrogen) atoms. The molecule has 2 N–H and O–H groups in total. The Kier molecular flexibility index (Phi) is 4.32. The van der Waals surface area contributed by atoms with Crippen LogP contribution < -0.4 is 5.73 Å². The Morgan fingerprint density at radius 3 is 2.62 bits per heavy atom. The maximum atomic E-state index is 12.1. The van der Waals surface area contributed by atoms with Gasteiger partial charge in [0.25, 0.3) is 0 Å². The molecule has 0 amide bonds. The molecule has 1 rings (SSSR count). The van der Waals surface area contributed by atoms with Crippen molar-refractivity contribution >= 4 is 11.3 Å². The van der Waals surface area contributed by atoms with Crippen molar-refractivity contribution in [3.63, 3.8) is 0 Å². The fourth-order valence-electron chi connectivity index (χ4n) is 1.28. The Hall–Kier alpha value is -0.620. The largest absolute Gasteiger partial charge is 0.395 e. The molecule has 0 saturated heterocycles. The molecule has 0 bridgehead atoms. The molecule has 0 aliphatic carbocycles. The number of nitrogens with zero attached hydrogens (tertiary/aromatic N) is 1. The predicted molar refractivity (Wildman–Crippen MR) is 58.3 cm³/mol. The molecule has 0 aliphatic heterocycles. The van der Waals surface area contributed by atoms with E-state index in [1.165, 1.54) is 0 Å². The molecule has 0 aromatic carbocycles. The third-order valence-corrected chi connectivity index (χ3v) is 3.39. The number of nitrogens with two attached hydrogens (primary N) is 1. The number of alkyl halides is 3. The van der Waals surface area contributed by atoms with Gasteiger partial charge < -0.3 is 5.73 Å². The van der Waals surface area contributed by atoms with Crippen LogP contribution in [0.4, 0.5) is 13.2 Å². The Bertz CT molecular complexity index is 335. The van der Waals surface area contributed by atoms with Crippen molar-refractivity contribution < 1.29 is 13.2 Å². The van der Waals surface area contributed by atoms with Crippen molar-refractivity contribution in [3.8, 4) is 0 Å². The first kappa shape index (κ1) is 13.4. The highest BCUT2D eigenvalue weighted by Crippen LogP contribution is 2.27. The summed E-state index contributed by atoms with van der Waals surface area (Å²) in [6.45, 7) is 3.96. The van der Waals surface area contributed by atoms with Crippen molar-refractivity contribution in [1.29, 1.82) is 0 Å². The molecule has 0 aliphatic rings. The van der Waals surface area contributed by atoms with E-state index in [2.05, 4.69) is 4.98 Å². The van der Waals surface area contributed by atoms with Gasteiger partial charge in [-0.3, -0.25) is 0 Å². The van der Waals surface area contributed by atoms with Crippen molar-refractivity contribution in [1.82, 2.24) is 4.98 Å². The lowest BCUT2D eigenvalue weighted by molar-refractivity contribution is -0.127. The highest BCUT2D eigenvalue weighted by Gasteiger charge is 2.29. The van der Waals surface area contributed by atoms with Crippen LogP contribution in [0, 0.1) is 5.92 Å². The summed E-state index contributed by atoms with van der Waals surface area (Å²) in [6, 6.07) is -0.275. The van der Waals surface area contributed by atoms with Crippen LogP contribution >= 0.6 is 11.3 Å². The average Bonchev–Trinajstić information content (AvgIpc) is 2.61. The molecule has 0 saturated carbocycles. The molecule has 0 spiro atoms. The lowest BCUT2D eigenvalue weighted by Crippen LogP contribution is -2.19. The topological polar surface area (TPSA) is 38.9 Å². The van der Waals surface area contributed by atoms with Crippen molar-refractivity contribution in [2.24, 2.45) is 11.7 Å². The quantitative estimate of drug-likeness (QED) is 0.893. The van der Waals surface area contributed by atoms with Gasteiger partial charge in [-0.25, -0.2) is 4.98 Å². The van der Waals surface area contributed by atoms with E-state index in [-0.39, 0.29) is 17.0 Å². The highest BCUT2D eigenvalue weighted by molar-refractivity contribution is 7.09. The van der Waals surface area contributed by atoms with Crippen molar-refractivity contribution in [3.05, 3.63) is 16.1 Å². The Morgan fingerprint density at radius 1 is 1.50 bits per heavy atom. The van der Waals surface area contributed by atoms with Gasteiger partial charge in [-0.15, -0.1) is 11.3 Å². The van der Waals surface area contributed by atoms with Crippen LogP contribution in [0.15, 0.2) is 5.38 Å². The second kappa shape index (κ2) is 5.14. The summed E-state index contributed by atoms with van der Waals surface area (Å²) in [4.78, 5) is 3.94. The first-order chi connectivity index (χ1) is 7.33. The standard InChI is InChI=1S/C10H15F3N2S/c1-3-6(2)9(14)7-5-16-8(15-7)4-10(11,12)13/h5-6,9H,3-4,14H2,1-2H3. The summed E-state index contributed by atoms with van der Waals surface area (Å²) in [6.07, 6.45) is -4.28. The minimum atomic E-state index is -4.20. The zero-order chi connectivity index (χ0) is 12.3. The predicted octanol–water partition coefficient (Wildman–Crippen LogP) is 3.29. The first-order valence-corrected chi connectivity index (χ1v) is 5.98. The SMILES string of the molecule is CCC(C)C(N)c1csc(CC(F)(F)F)n1. The monoisotopic (exact) mass is 252 g/mol. The van der Waals surface area contributed by atoms with Gasteiger partial charge in [0.1, 0.15) is 5.01 Å². The second-order valence-corrected chi connectivity index (χ2v) is 4.81. The number of hydrogen-bond donors (Lipinski definition) is 1. The van der Waals surface area contributed by atoms with E-state index >= 15 is 0 Å². The average molecular weight is 252 g/mol. The van der Waals surface area contributed by atoms with Gasteiger partial charge in [0.15, 0.2) is 0 Å². The fourth-order valence-corrected chi connectivity index (χ4v) is 2.15. The van der Waals surface area contributed by atoms with Crippen LogP contribution in [-0.2, 0) is 6.42 Å². The third kappa shape index (κ3) is 3.75. The van der Waals surface area contributed by atoms with Gasteiger partial charge >= 0.3 is 6.18 Å². The molecule has 2 nitrogen and oxygen atoms in total. The minimum absolute atomic E-state index is 0.0845. The summed E-state index contributed by atoms with van der Waals surface area (Å²) in [7, 11) is 0. The van der Waals surface area contributed by atoms with E-state index in [0.29, 0.717) is 5.69 Å². The summed E-state index contributed by atoms with van der Waals surface area (Å²) in [5.41, 5.74) is 6.46. The second-order valence-electron chi connectivity index (χ2n) is 3.87. The lowest BCUT2D eigenvalue weighted by Gasteiger charge is -2.15. The molecular formula is C10H15F3N2S. The molecule has 1 aromatic heterocycles. The van der Waals surface area contributed by atoms with E-state index in [0.717, 1.165) is 17.8 Å². The molecule has 6 heteroatoms. The van der Waals surface area contributed by atoms with Crippen LogP contribution in [0.2, 0.25) is 0 Å². The molecule has 0 radical (unpaired) electrons. The maximum Gasteiger partial charge on any atom is 0.395 e. The minimum Gasteiger partial charge on any atom is -0.322 e. The number of hydrogen-bond acceptors (Lipinski definition) is 3. The number of aromatic nitrogens is 1. The molecule has 92 valence electrons. The van der Waals surface area contributed by atoms with Gasteiger partial charge in [-0.2, -0.15) is 13.2 Å². The van der Waals surface area contributed by atoms with E-state index < -0.39 is 12.6 Å². The van der Waals surface area contributed by atoms with Gasteiger partial charge in [-0.1, -0.05) is 20.3 Å². The van der Waals surface area contributed by atoms with E-state index in [1.54, 1.807) is 5.38 Å². The van der Waals surface area contributed by atoms with Crippen molar-refractivity contribution in [2.75, 3.05) is 0 Å². The highest BCUT2D eigenvalue weighted by atomic mass is 32.1. The van der Waals surface area contributed by atoms with Crippen LogP contribution in [-0.4, -0.2) is 11.2 Å². The van der Waals surface area contributed by atoms with E-state index in [4.69, 9.17) is 5.73 Å². The Balaban J connectivity index is 2.71. The van der Waals surface area contributed by atoms with Gasteiger partial charge in [0.05, 0.1) is 18.2 Å². The van der Waals surface area contributed by atoms with Gasteiger partial charge in [-0.05, 0) is 5.92 Å². The van der Waals surface area contributed by atoms with Gasteiger partial charge in [0, 0.05) is 5.38 Å². The Labute approximate surface area is 96.7 Å².